The molecule has 1 fully saturated rings. The maximum Gasteiger partial charge on any atom is 0.116 e. The van der Waals surface area contributed by atoms with Crippen LogP contribution in [-0.2, 0) is 0 Å². The van der Waals surface area contributed by atoms with Crippen LogP contribution >= 0.6 is 0 Å². The minimum atomic E-state index is -0.583. The van der Waals surface area contributed by atoms with Gasteiger partial charge in [-0.15, -0.1) is 0 Å². The van der Waals surface area contributed by atoms with Gasteiger partial charge in [0.2, 0.25) is 0 Å². The minimum Gasteiger partial charge on any atom is -0.301 e. The molecular weight excluding hydrogens is 105 g/mol. The highest BCUT2D eigenvalue weighted by molar-refractivity contribution is 4.80. The first-order chi connectivity index (χ1) is 3.72. The van der Waals surface area contributed by atoms with E-state index in [1.807, 2.05) is 18.9 Å². The molecule has 48 valence electrons. The Labute approximate surface area is 49.5 Å². The molecule has 1 nitrogen and oxygen atoms in total. The Kier molecular flexibility index (Phi) is 1.52. The fraction of sp³-hybridized carbons (Fsp3) is 1.00. The molecule has 2 atom stereocenters. The zero-order valence-corrected chi connectivity index (χ0v) is 5.39. The van der Waals surface area contributed by atoms with Gasteiger partial charge in [-0.1, -0.05) is 0 Å². The molecule has 0 amide bonds. The van der Waals surface area contributed by atoms with Gasteiger partial charge in [0.25, 0.3) is 0 Å². The maximum atomic E-state index is 12.5. The monoisotopic (exact) mass is 117 g/mol. The Morgan fingerprint density at radius 3 is 2.38 bits per heavy atom. The average molecular weight is 117 g/mol. The Morgan fingerprint density at radius 2 is 2.25 bits per heavy atom. The van der Waals surface area contributed by atoms with E-state index in [4.69, 9.17) is 0 Å². The van der Waals surface area contributed by atoms with Gasteiger partial charge in [0, 0.05) is 12.6 Å². The third-order valence-corrected chi connectivity index (χ3v) is 1.98. The van der Waals surface area contributed by atoms with Crippen molar-refractivity contribution < 1.29 is 4.39 Å². The second-order valence-corrected chi connectivity index (χ2v) is 2.53. The standard InChI is InChI=1S/C6H12FN/c1-5-6(7)3-4-8(5)2/h5-6H,3-4H2,1-2H3/t5-,6?/m1/s1. The van der Waals surface area contributed by atoms with Gasteiger partial charge in [0.15, 0.2) is 0 Å². The highest BCUT2D eigenvalue weighted by atomic mass is 19.1. The lowest BCUT2D eigenvalue weighted by atomic mass is 10.2. The Morgan fingerprint density at radius 1 is 1.62 bits per heavy atom. The summed E-state index contributed by atoms with van der Waals surface area (Å²) in [6.45, 7) is 2.85. The highest BCUT2D eigenvalue weighted by Gasteiger charge is 2.26. The molecule has 0 bridgehead atoms. The smallest absolute Gasteiger partial charge is 0.116 e. The summed E-state index contributed by atoms with van der Waals surface area (Å²) in [6.07, 6.45) is 0.137. The second kappa shape index (κ2) is 2.02. The first-order valence-corrected chi connectivity index (χ1v) is 3.06. The van der Waals surface area contributed by atoms with E-state index < -0.39 is 6.17 Å². The quantitative estimate of drug-likeness (QED) is 0.458. The van der Waals surface area contributed by atoms with Gasteiger partial charge in [-0.3, -0.25) is 0 Å². The third-order valence-electron chi connectivity index (χ3n) is 1.98. The van der Waals surface area contributed by atoms with E-state index >= 15 is 0 Å². The lowest BCUT2D eigenvalue weighted by Crippen LogP contribution is -2.26. The van der Waals surface area contributed by atoms with Gasteiger partial charge in [-0.25, -0.2) is 4.39 Å². The molecule has 0 aromatic carbocycles. The molecule has 1 saturated heterocycles. The minimum absolute atomic E-state index is 0.148. The van der Waals surface area contributed by atoms with Crippen LogP contribution < -0.4 is 0 Å². The molecular formula is C6H12FN. The fourth-order valence-electron chi connectivity index (χ4n) is 1.05. The van der Waals surface area contributed by atoms with E-state index in [2.05, 4.69) is 0 Å². The van der Waals surface area contributed by atoms with E-state index in [1.165, 1.54) is 0 Å². The van der Waals surface area contributed by atoms with Crippen LogP contribution in [0, 0.1) is 0 Å². The summed E-state index contributed by atoms with van der Waals surface area (Å²) in [7, 11) is 1.96. The molecule has 1 aliphatic heterocycles. The lowest BCUT2D eigenvalue weighted by Gasteiger charge is -2.14. The van der Waals surface area contributed by atoms with Crippen LogP contribution in [0.5, 0.6) is 0 Å². The highest BCUT2D eigenvalue weighted by Crippen LogP contribution is 2.17. The summed E-state index contributed by atoms with van der Waals surface area (Å²) in [6, 6.07) is 0.148. The number of nitrogens with zero attached hydrogens (tertiary/aromatic N) is 1. The van der Waals surface area contributed by atoms with Crippen LogP contribution in [0.1, 0.15) is 13.3 Å². The van der Waals surface area contributed by atoms with Crippen molar-refractivity contribution in [2.24, 2.45) is 0 Å². The van der Waals surface area contributed by atoms with Crippen molar-refractivity contribution >= 4 is 0 Å². The molecule has 0 aromatic rings. The molecule has 1 unspecified atom stereocenters. The van der Waals surface area contributed by atoms with Crippen LogP contribution in [0.2, 0.25) is 0 Å². The van der Waals surface area contributed by atoms with Gasteiger partial charge >= 0.3 is 0 Å². The molecule has 0 saturated carbocycles. The number of rotatable bonds is 0. The van der Waals surface area contributed by atoms with Crippen molar-refractivity contribution in [3.05, 3.63) is 0 Å². The van der Waals surface area contributed by atoms with Gasteiger partial charge < -0.3 is 4.90 Å². The predicted molar refractivity (Wildman–Crippen MR) is 31.6 cm³/mol. The summed E-state index contributed by atoms with van der Waals surface area (Å²) in [5, 5.41) is 0. The topological polar surface area (TPSA) is 3.24 Å². The summed E-state index contributed by atoms with van der Waals surface area (Å²) in [5.41, 5.74) is 0. The molecule has 0 spiro atoms. The van der Waals surface area contributed by atoms with Gasteiger partial charge in [0.05, 0.1) is 0 Å². The van der Waals surface area contributed by atoms with Crippen molar-refractivity contribution in [1.82, 2.24) is 4.90 Å². The molecule has 0 radical (unpaired) electrons. The van der Waals surface area contributed by atoms with Crippen LogP contribution in [-0.4, -0.2) is 30.7 Å². The van der Waals surface area contributed by atoms with Crippen LogP contribution in [0.25, 0.3) is 0 Å². The molecule has 0 N–H and O–H groups in total. The number of halogens is 1. The Hall–Kier alpha value is -0.110. The normalized spacial score (nSPS) is 40.9. The third kappa shape index (κ3) is 0.848. The first-order valence-electron chi connectivity index (χ1n) is 3.06. The fourth-order valence-corrected chi connectivity index (χ4v) is 1.05. The van der Waals surface area contributed by atoms with E-state index in [1.54, 1.807) is 0 Å². The van der Waals surface area contributed by atoms with E-state index in [0.717, 1.165) is 13.0 Å². The number of likely N-dealkylation sites (tertiary alicyclic amines) is 1. The largest absolute Gasteiger partial charge is 0.301 e. The van der Waals surface area contributed by atoms with Crippen molar-refractivity contribution in [3.8, 4) is 0 Å². The van der Waals surface area contributed by atoms with Gasteiger partial charge in [0.1, 0.15) is 6.17 Å². The van der Waals surface area contributed by atoms with Crippen LogP contribution in [0.4, 0.5) is 4.39 Å². The Bertz CT molecular complexity index is 74.6. The summed E-state index contributed by atoms with van der Waals surface area (Å²) < 4.78 is 12.5. The zero-order chi connectivity index (χ0) is 6.15. The average Bonchev–Trinajstić information content (AvgIpc) is 1.98. The summed E-state index contributed by atoms with van der Waals surface area (Å²) in [4.78, 5) is 2.05. The molecule has 1 heterocycles. The molecule has 2 heteroatoms. The predicted octanol–water partition coefficient (Wildman–Crippen LogP) is 1.05. The SMILES string of the molecule is C[C@@H]1C(F)CCN1C. The lowest BCUT2D eigenvalue weighted by molar-refractivity contribution is 0.239. The van der Waals surface area contributed by atoms with Gasteiger partial charge in [-0.2, -0.15) is 0 Å². The van der Waals surface area contributed by atoms with Crippen molar-refractivity contribution in [3.63, 3.8) is 0 Å². The van der Waals surface area contributed by atoms with E-state index in [9.17, 15) is 4.39 Å². The van der Waals surface area contributed by atoms with Crippen molar-refractivity contribution in [2.45, 2.75) is 25.6 Å². The van der Waals surface area contributed by atoms with Crippen molar-refractivity contribution in [1.29, 1.82) is 0 Å². The van der Waals surface area contributed by atoms with E-state index in [-0.39, 0.29) is 6.04 Å². The van der Waals surface area contributed by atoms with Gasteiger partial charge in [-0.05, 0) is 20.4 Å². The second-order valence-electron chi connectivity index (χ2n) is 2.53. The van der Waals surface area contributed by atoms with Crippen LogP contribution in [0.15, 0.2) is 0 Å². The number of hydrogen-bond acceptors (Lipinski definition) is 1. The molecule has 0 aliphatic carbocycles. The zero-order valence-electron chi connectivity index (χ0n) is 5.39. The van der Waals surface area contributed by atoms with E-state index in [0.29, 0.717) is 0 Å². The maximum absolute atomic E-state index is 12.5. The molecule has 1 aliphatic rings. The first kappa shape index (κ1) is 6.02. The van der Waals surface area contributed by atoms with Crippen LogP contribution in [0.3, 0.4) is 0 Å². The van der Waals surface area contributed by atoms with Crippen molar-refractivity contribution in [2.75, 3.05) is 13.6 Å². The number of hydrogen-bond donors (Lipinski definition) is 0. The Balaban J connectivity index is 2.44. The summed E-state index contributed by atoms with van der Waals surface area (Å²) >= 11 is 0. The molecule has 1 rings (SSSR count). The molecule has 8 heavy (non-hydrogen) atoms. The molecule has 0 aromatic heterocycles. The number of alkyl halides is 1. The summed E-state index contributed by atoms with van der Waals surface area (Å²) in [5.74, 6) is 0.